The number of piperidine rings is 1. The standard InChI is InChI=1S/C16H20N6O/c1-11-5-7-22(14(23)8-17-2)9-13(11)21(3)16-12-4-6-18-15(12)19-10-20-16/h4,6,10-11,13H,5,7-9H2,1,3H3,(H,18,19,20)/t11-,13+/m1/s1/i1D3,3D3,13D. The van der Waals surface area contributed by atoms with Crippen molar-refractivity contribution in [2.75, 3.05) is 31.5 Å². The van der Waals surface area contributed by atoms with Gasteiger partial charge in [-0.1, -0.05) is 6.85 Å². The predicted octanol–water partition coefficient (Wildman–Crippen LogP) is 1.55. The predicted molar refractivity (Wildman–Crippen MR) is 87.9 cm³/mol. The molecule has 23 heavy (non-hydrogen) atoms. The van der Waals surface area contributed by atoms with Gasteiger partial charge in [0.1, 0.15) is 17.8 Å². The van der Waals surface area contributed by atoms with Crippen LogP contribution in [0.15, 0.2) is 18.6 Å². The number of aromatic amines is 1. The third kappa shape index (κ3) is 2.84. The maximum absolute atomic E-state index is 12.3. The molecule has 1 saturated heterocycles. The molecule has 7 heteroatoms. The van der Waals surface area contributed by atoms with Crippen LogP contribution in [-0.2, 0) is 4.79 Å². The summed E-state index contributed by atoms with van der Waals surface area (Å²) in [7, 11) is 0. The van der Waals surface area contributed by atoms with Gasteiger partial charge < -0.3 is 19.6 Å². The molecule has 0 radical (unpaired) electrons. The van der Waals surface area contributed by atoms with Gasteiger partial charge in [0.15, 0.2) is 0 Å². The number of hydrogen-bond donors (Lipinski definition) is 1. The van der Waals surface area contributed by atoms with E-state index in [4.69, 9.17) is 16.2 Å². The Kier molecular flexibility index (Phi) is 2.41. The lowest BCUT2D eigenvalue weighted by Gasteiger charge is -2.41. The average molecular weight is 319 g/mol. The number of anilines is 1. The van der Waals surface area contributed by atoms with Crippen molar-refractivity contribution in [2.45, 2.75) is 19.3 Å². The van der Waals surface area contributed by atoms with E-state index in [0.29, 0.717) is 15.9 Å². The molecule has 0 aliphatic carbocycles. The van der Waals surface area contributed by atoms with E-state index >= 15 is 0 Å². The van der Waals surface area contributed by atoms with Crippen molar-refractivity contribution in [1.82, 2.24) is 19.9 Å². The summed E-state index contributed by atoms with van der Waals surface area (Å²) in [6, 6.07) is -0.702. The summed E-state index contributed by atoms with van der Waals surface area (Å²) in [5, 5.41) is 0.314. The average Bonchev–Trinajstić information content (AvgIpc) is 3.09. The fourth-order valence-electron chi connectivity index (χ4n) is 2.62. The highest BCUT2D eigenvalue weighted by Gasteiger charge is 2.33. The first-order valence-corrected chi connectivity index (χ1v) is 7.09. The van der Waals surface area contributed by atoms with Crippen molar-refractivity contribution in [3.63, 3.8) is 0 Å². The second-order valence-corrected chi connectivity index (χ2v) is 5.24. The van der Waals surface area contributed by atoms with E-state index in [1.807, 2.05) is 0 Å². The topological polar surface area (TPSA) is 69.5 Å². The first-order valence-electron chi connectivity index (χ1n) is 10.6. The highest BCUT2D eigenvalue weighted by atomic mass is 16.2. The maximum atomic E-state index is 12.3. The minimum absolute atomic E-state index is 0.0240. The Morgan fingerprint density at radius 3 is 3.39 bits per heavy atom. The smallest absolute Gasteiger partial charge is 0.302 e. The molecule has 3 rings (SSSR count). The van der Waals surface area contributed by atoms with Gasteiger partial charge in [-0.05, 0) is 18.4 Å². The highest BCUT2D eigenvalue weighted by molar-refractivity contribution is 5.87. The Morgan fingerprint density at radius 1 is 1.70 bits per heavy atom. The third-order valence-electron chi connectivity index (χ3n) is 3.84. The number of amides is 1. The Labute approximate surface area is 145 Å². The zero-order valence-corrected chi connectivity index (χ0v) is 12.3. The van der Waals surface area contributed by atoms with Gasteiger partial charge in [-0.2, -0.15) is 0 Å². The Morgan fingerprint density at radius 2 is 2.61 bits per heavy atom. The number of aromatic nitrogens is 3. The number of fused-ring (bicyclic) bond motifs is 1. The number of likely N-dealkylation sites (N-methyl/N-ethyl adjacent to an activating group) is 1. The molecule has 1 aliphatic heterocycles. The number of carbonyl (C=O) groups is 1. The molecule has 3 heterocycles. The molecule has 1 aliphatic rings. The summed E-state index contributed by atoms with van der Waals surface area (Å²) >= 11 is 0. The summed E-state index contributed by atoms with van der Waals surface area (Å²) < 4.78 is 57.3. The highest BCUT2D eigenvalue weighted by Crippen LogP contribution is 2.28. The van der Waals surface area contributed by atoms with Crippen LogP contribution in [-0.4, -0.2) is 58.4 Å². The zero-order chi connectivity index (χ0) is 22.3. The number of carbonyl (C=O) groups excluding carboxylic acids is 1. The normalized spacial score (nSPS) is 30.0. The Balaban J connectivity index is 2.19. The molecule has 1 amide bonds. The monoisotopic (exact) mass is 319 g/mol. The molecule has 1 N–H and O–H groups in total. The lowest BCUT2D eigenvalue weighted by atomic mass is 9.92. The molecule has 0 spiro atoms. The van der Waals surface area contributed by atoms with Crippen LogP contribution in [0.3, 0.4) is 0 Å². The SMILES string of the molecule is [2H]C([2H])([2H])[C@@H]1CCN(C(=O)C[N+]#[C-])C[C@]1([2H])N(c1ncnc2[nH]ccc12)C([2H])([2H])[2H]. The van der Waals surface area contributed by atoms with Crippen molar-refractivity contribution in [3.8, 4) is 0 Å². The number of rotatable bonds is 3. The number of H-pyrrole nitrogens is 1. The van der Waals surface area contributed by atoms with Crippen molar-refractivity contribution in [3.05, 3.63) is 30.0 Å². The van der Waals surface area contributed by atoms with Crippen LogP contribution < -0.4 is 4.90 Å². The fraction of sp³-hybridized carbons (Fsp3) is 0.500. The zero-order valence-electron chi connectivity index (χ0n) is 19.3. The summed E-state index contributed by atoms with van der Waals surface area (Å²) in [4.78, 5) is 28.2. The van der Waals surface area contributed by atoms with Gasteiger partial charge in [-0.15, -0.1) is 0 Å². The van der Waals surface area contributed by atoms with E-state index in [0.717, 1.165) is 6.33 Å². The number of nitrogens with zero attached hydrogens (tertiary/aromatic N) is 5. The second kappa shape index (κ2) is 6.24. The van der Waals surface area contributed by atoms with E-state index < -0.39 is 44.8 Å². The lowest BCUT2D eigenvalue weighted by Crippen LogP contribution is -2.53. The van der Waals surface area contributed by atoms with E-state index in [9.17, 15) is 4.79 Å². The molecule has 0 bridgehead atoms. The van der Waals surface area contributed by atoms with Crippen LogP contribution in [0.2, 0.25) is 0 Å². The molecule has 2 atom stereocenters. The molecular formula is C16H20N6O. The van der Waals surface area contributed by atoms with Gasteiger partial charge in [0, 0.05) is 34.5 Å². The molecule has 2 aromatic rings. The van der Waals surface area contributed by atoms with Crippen LogP contribution in [0.1, 0.15) is 22.9 Å². The number of likely N-dealkylation sites (tertiary alicyclic amines) is 1. The van der Waals surface area contributed by atoms with E-state index in [1.165, 1.54) is 11.1 Å². The van der Waals surface area contributed by atoms with Crippen molar-refractivity contribution >= 4 is 22.8 Å². The van der Waals surface area contributed by atoms with Crippen LogP contribution in [0.4, 0.5) is 5.82 Å². The Hall–Kier alpha value is -2.62. The van der Waals surface area contributed by atoms with Crippen LogP contribution in [0.25, 0.3) is 15.9 Å². The summed E-state index contributed by atoms with van der Waals surface area (Å²) in [6.07, 6.45) is 2.55. The van der Waals surface area contributed by atoms with Gasteiger partial charge in [0.05, 0.1) is 12.8 Å². The lowest BCUT2D eigenvalue weighted by molar-refractivity contribution is -0.130. The maximum Gasteiger partial charge on any atom is 0.302 e. The molecule has 7 nitrogen and oxygen atoms in total. The van der Waals surface area contributed by atoms with Gasteiger partial charge in [0.2, 0.25) is 0 Å². The van der Waals surface area contributed by atoms with E-state index in [-0.39, 0.29) is 18.8 Å². The molecule has 0 unspecified atom stereocenters. The van der Waals surface area contributed by atoms with Gasteiger partial charge >= 0.3 is 5.91 Å². The quantitative estimate of drug-likeness (QED) is 0.872. The molecule has 120 valence electrons. The fourth-order valence-corrected chi connectivity index (χ4v) is 2.62. The Bertz CT molecular complexity index is 981. The first kappa shape index (κ1) is 8.87. The summed E-state index contributed by atoms with van der Waals surface area (Å²) in [6.45, 7) is 0.393. The molecule has 0 saturated carbocycles. The van der Waals surface area contributed by atoms with E-state index in [2.05, 4.69) is 19.8 Å². The summed E-state index contributed by atoms with van der Waals surface area (Å²) in [5.74, 6) is -2.07. The van der Waals surface area contributed by atoms with Crippen molar-refractivity contribution in [2.24, 2.45) is 5.92 Å². The van der Waals surface area contributed by atoms with Crippen molar-refractivity contribution < 1.29 is 14.4 Å². The summed E-state index contributed by atoms with van der Waals surface area (Å²) in [5.41, 5.74) is 0.333. The second-order valence-electron chi connectivity index (χ2n) is 5.24. The molecule has 2 aromatic heterocycles. The number of hydrogen-bond acceptors (Lipinski definition) is 4. The van der Waals surface area contributed by atoms with E-state index in [1.54, 1.807) is 6.07 Å². The van der Waals surface area contributed by atoms with Gasteiger partial charge in [0.25, 0.3) is 6.54 Å². The minimum atomic E-state index is -2.93. The molecule has 1 fully saturated rings. The first-order chi connectivity index (χ1) is 13.9. The van der Waals surface area contributed by atoms with Gasteiger partial charge in [-0.25, -0.2) is 16.5 Å². The molecule has 0 aromatic carbocycles. The third-order valence-corrected chi connectivity index (χ3v) is 3.84. The largest absolute Gasteiger partial charge is 0.354 e. The van der Waals surface area contributed by atoms with Gasteiger partial charge in [-0.3, -0.25) is 4.79 Å². The van der Waals surface area contributed by atoms with Crippen molar-refractivity contribution in [1.29, 1.82) is 0 Å². The molecular weight excluding hydrogens is 292 g/mol. The number of nitrogens with one attached hydrogen (secondary N) is 1. The van der Waals surface area contributed by atoms with Crippen LogP contribution >= 0.6 is 0 Å². The van der Waals surface area contributed by atoms with Crippen LogP contribution in [0, 0.1) is 12.5 Å². The van der Waals surface area contributed by atoms with Crippen LogP contribution in [0.5, 0.6) is 0 Å². The minimum Gasteiger partial charge on any atom is -0.354 e.